The molecule has 1 atom stereocenters. The van der Waals surface area contributed by atoms with E-state index in [0.29, 0.717) is 29.1 Å². The molecule has 1 saturated heterocycles. The van der Waals surface area contributed by atoms with Crippen LogP contribution in [0.2, 0.25) is 0 Å². The normalized spacial score (nSPS) is 18.0. The molecule has 0 radical (unpaired) electrons. The minimum atomic E-state index is -0.588. The molecule has 2 N–H and O–H groups in total. The molecule has 1 aliphatic rings. The lowest BCUT2D eigenvalue weighted by Gasteiger charge is -2.27. The third-order valence-corrected chi connectivity index (χ3v) is 4.39. The highest BCUT2D eigenvalue weighted by Crippen LogP contribution is 2.23. The summed E-state index contributed by atoms with van der Waals surface area (Å²) in [6.07, 6.45) is -0.476. The van der Waals surface area contributed by atoms with Crippen molar-refractivity contribution < 1.29 is 19.1 Å². The van der Waals surface area contributed by atoms with E-state index in [4.69, 9.17) is 4.74 Å². The average Bonchev–Trinajstić information content (AvgIpc) is 2.90. The zero-order valence-electron chi connectivity index (χ0n) is 13.0. The molecule has 1 heterocycles. The van der Waals surface area contributed by atoms with Crippen molar-refractivity contribution >= 4 is 52.3 Å². The molecule has 0 aromatic carbocycles. The van der Waals surface area contributed by atoms with Crippen LogP contribution in [-0.4, -0.2) is 63.6 Å². The monoisotopic (exact) mass is 443 g/mol. The standard InChI is InChI=1S/C13H22IN3O4S/c1-13(2,3)21-12(20)17-8-22-7-9(17)11(19)16-5-4-15-10(18)6-14/h9H,4-8H2,1-3H3,(H,15,18)(H,16,19). The number of nitrogens with one attached hydrogen (secondary N) is 2. The van der Waals surface area contributed by atoms with Crippen LogP contribution in [0.15, 0.2) is 0 Å². The van der Waals surface area contributed by atoms with Crippen LogP contribution in [-0.2, 0) is 14.3 Å². The molecule has 1 unspecified atom stereocenters. The van der Waals surface area contributed by atoms with E-state index in [1.54, 1.807) is 20.8 Å². The smallest absolute Gasteiger partial charge is 0.411 e. The van der Waals surface area contributed by atoms with Gasteiger partial charge in [-0.3, -0.25) is 14.5 Å². The number of amides is 3. The summed E-state index contributed by atoms with van der Waals surface area (Å²) < 4.78 is 5.70. The molecule has 0 aromatic heterocycles. The Labute approximate surface area is 148 Å². The van der Waals surface area contributed by atoms with Gasteiger partial charge in [0, 0.05) is 18.8 Å². The summed E-state index contributed by atoms with van der Waals surface area (Å²) >= 11 is 3.48. The fourth-order valence-corrected chi connectivity index (χ4v) is 3.12. The van der Waals surface area contributed by atoms with E-state index in [0.717, 1.165) is 0 Å². The molecule has 1 aliphatic heterocycles. The van der Waals surface area contributed by atoms with Gasteiger partial charge in [-0.15, -0.1) is 11.8 Å². The molecule has 22 heavy (non-hydrogen) atoms. The first-order valence-electron chi connectivity index (χ1n) is 6.92. The number of nitrogens with zero attached hydrogens (tertiary/aromatic N) is 1. The molecule has 1 rings (SSSR count). The Kier molecular flexibility index (Phi) is 7.74. The van der Waals surface area contributed by atoms with Gasteiger partial charge in [-0.2, -0.15) is 0 Å². The lowest BCUT2D eigenvalue weighted by atomic mass is 10.2. The SMILES string of the molecule is CC(C)(C)OC(=O)N1CSCC1C(=O)NCCNC(=O)CI. The van der Waals surface area contributed by atoms with E-state index in [9.17, 15) is 14.4 Å². The van der Waals surface area contributed by atoms with Crippen LogP contribution in [0.4, 0.5) is 4.79 Å². The maximum absolute atomic E-state index is 12.2. The number of ether oxygens (including phenoxy) is 1. The van der Waals surface area contributed by atoms with E-state index >= 15 is 0 Å². The van der Waals surface area contributed by atoms with Crippen LogP contribution in [0, 0.1) is 0 Å². The fourth-order valence-electron chi connectivity index (χ4n) is 1.71. The number of carbonyl (C=O) groups is 3. The van der Waals surface area contributed by atoms with Gasteiger partial charge in [-0.25, -0.2) is 4.79 Å². The van der Waals surface area contributed by atoms with Crippen LogP contribution < -0.4 is 10.6 Å². The molecular weight excluding hydrogens is 421 g/mol. The van der Waals surface area contributed by atoms with Gasteiger partial charge in [0.15, 0.2) is 0 Å². The minimum absolute atomic E-state index is 0.0679. The highest BCUT2D eigenvalue weighted by molar-refractivity contribution is 14.1. The first-order chi connectivity index (χ1) is 10.2. The predicted molar refractivity (Wildman–Crippen MR) is 94.1 cm³/mol. The molecule has 3 amide bonds. The number of hydrogen-bond acceptors (Lipinski definition) is 5. The van der Waals surface area contributed by atoms with Crippen molar-refractivity contribution in [3.8, 4) is 0 Å². The van der Waals surface area contributed by atoms with Crippen molar-refractivity contribution in [3.63, 3.8) is 0 Å². The number of rotatable bonds is 5. The van der Waals surface area contributed by atoms with Crippen molar-refractivity contribution in [2.75, 3.05) is 29.1 Å². The number of alkyl halides is 1. The van der Waals surface area contributed by atoms with E-state index in [1.807, 2.05) is 22.6 Å². The zero-order chi connectivity index (χ0) is 16.8. The summed E-state index contributed by atoms with van der Waals surface area (Å²) in [7, 11) is 0. The van der Waals surface area contributed by atoms with Crippen LogP contribution in [0.5, 0.6) is 0 Å². The van der Waals surface area contributed by atoms with Crippen LogP contribution in [0.1, 0.15) is 20.8 Å². The lowest BCUT2D eigenvalue weighted by molar-refractivity contribution is -0.125. The van der Waals surface area contributed by atoms with E-state index < -0.39 is 17.7 Å². The Morgan fingerprint density at radius 3 is 2.50 bits per heavy atom. The van der Waals surface area contributed by atoms with Gasteiger partial charge in [0.25, 0.3) is 0 Å². The highest BCUT2D eigenvalue weighted by atomic mass is 127. The second-order valence-electron chi connectivity index (χ2n) is 5.74. The quantitative estimate of drug-likeness (QED) is 0.376. The van der Waals surface area contributed by atoms with E-state index in [-0.39, 0.29) is 11.8 Å². The van der Waals surface area contributed by atoms with Gasteiger partial charge in [-0.1, -0.05) is 22.6 Å². The van der Waals surface area contributed by atoms with Gasteiger partial charge in [0.1, 0.15) is 11.6 Å². The maximum Gasteiger partial charge on any atom is 0.411 e. The third-order valence-electron chi connectivity index (χ3n) is 2.68. The molecule has 7 nitrogen and oxygen atoms in total. The summed E-state index contributed by atoms with van der Waals surface area (Å²) in [4.78, 5) is 36.8. The maximum atomic E-state index is 12.2. The molecular formula is C13H22IN3O4S. The van der Waals surface area contributed by atoms with E-state index in [1.165, 1.54) is 16.7 Å². The third kappa shape index (κ3) is 6.59. The fraction of sp³-hybridized carbons (Fsp3) is 0.769. The summed E-state index contributed by atoms with van der Waals surface area (Å²) in [5.41, 5.74) is -0.588. The van der Waals surface area contributed by atoms with Crippen LogP contribution >= 0.6 is 34.4 Å². The Morgan fingerprint density at radius 1 is 1.27 bits per heavy atom. The molecule has 0 saturated carbocycles. The van der Waals surface area contributed by atoms with Gasteiger partial charge in [0.05, 0.1) is 10.3 Å². The topological polar surface area (TPSA) is 87.7 Å². The van der Waals surface area contributed by atoms with Crippen molar-refractivity contribution in [1.82, 2.24) is 15.5 Å². The first-order valence-corrected chi connectivity index (χ1v) is 9.60. The summed E-state index contributed by atoms with van der Waals surface area (Å²) in [5, 5.41) is 5.40. The Bertz CT molecular complexity index is 428. The summed E-state index contributed by atoms with van der Waals surface area (Å²) in [6, 6.07) is -0.528. The number of halogens is 1. The Hall–Kier alpha value is -0.710. The highest BCUT2D eigenvalue weighted by Gasteiger charge is 2.36. The summed E-state index contributed by atoms with van der Waals surface area (Å²) in [5.74, 6) is 0.699. The number of thioether (sulfide) groups is 1. The zero-order valence-corrected chi connectivity index (χ0v) is 16.0. The Balaban J connectivity index is 2.43. The second-order valence-corrected chi connectivity index (χ2v) is 7.50. The van der Waals surface area contributed by atoms with Gasteiger partial charge in [0.2, 0.25) is 11.8 Å². The molecule has 0 spiro atoms. The first kappa shape index (κ1) is 19.3. The minimum Gasteiger partial charge on any atom is -0.444 e. The van der Waals surface area contributed by atoms with Crippen molar-refractivity contribution in [2.24, 2.45) is 0 Å². The van der Waals surface area contributed by atoms with Crippen LogP contribution in [0.25, 0.3) is 0 Å². The average molecular weight is 443 g/mol. The summed E-state index contributed by atoms with van der Waals surface area (Å²) in [6.45, 7) is 6.08. The molecule has 0 bridgehead atoms. The molecule has 0 aromatic rings. The number of carbonyl (C=O) groups excluding carboxylic acids is 3. The number of hydrogen-bond donors (Lipinski definition) is 2. The predicted octanol–water partition coefficient (Wildman–Crippen LogP) is 0.964. The van der Waals surface area contributed by atoms with Gasteiger partial charge in [-0.05, 0) is 20.8 Å². The van der Waals surface area contributed by atoms with E-state index in [2.05, 4.69) is 10.6 Å². The molecule has 126 valence electrons. The largest absolute Gasteiger partial charge is 0.444 e. The molecule has 1 fully saturated rings. The van der Waals surface area contributed by atoms with Crippen molar-refractivity contribution in [1.29, 1.82) is 0 Å². The molecule has 9 heteroatoms. The molecule has 0 aliphatic carbocycles. The second kappa shape index (κ2) is 8.80. The van der Waals surface area contributed by atoms with Crippen LogP contribution in [0.3, 0.4) is 0 Å². The van der Waals surface area contributed by atoms with Crippen molar-refractivity contribution in [2.45, 2.75) is 32.4 Å². The lowest BCUT2D eigenvalue weighted by Crippen LogP contribution is -2.49. The Morgan fingerprint density at radius 2 is 1.91 bits per heavy atom. The van der Waals surface area contributed by atoms with Gasteiger partial charge >= 0.3 is 6.09 Å². The van der Waals surface area contributed by atoms with Gasteiger partial charge < -0.3 is 15.4 Å². The van der Waals surface area contributed by atoms with Crippen molar-refractivity contribution in [3.05, 3.63) is 0 Å².